The Balaban J connectivity index is 0.00000450. The molecule has 0 aromatic heterocycles. The molecule has 1 aliphatic heterocycles. The Kier molecular flexibility index (Phi) is 12.2. The molecule has 0 aliphatic carbocycles. The molecule has 2 amide bonds. The molecule has 8 nitrogen and oxygen atoms in total. The van der Waals surface area contributed by atoms with Gasteiger partial charge >= 0.3 is 6.09 Å². The molecule has 1 aromatic carbocycles. The zero-order valence-electron chi connectivity index (χ0n) is 18.1. The molecular formula is C21H34IN5O3. The zero-order valence-corrected chi connectivity index (χ0v) is 20.5. The van der Waals surface area contributed by atoms with E-state index in [1.54, 1.807) is 11.9 Å². The van der Waals surface area contributed by atoms with Crippen molar-refractivity contribution in [2.45, 2.75) is 33.2 Å². The minimum absolute atomic E-state index is 0. The highest BCUT2D eigenvalue weighted by atomic mass is 127. The highest BCUT2D eigenvalue weighted by Gasteiger charge is 2.23. The largest absolute Gasteiger partial charge is 0.450 e. The van der Waals surface area contributed by atoms with Gasteiger partial charge in [0.15, 0.2) is 5.96 Å². The van der Waals surface area contributed by atoms with Crippen molar-refractivity contribution < 1.29 is 14.3 Å². The second kappa shape index (κ2) is 14.1. The lowest BCUT2D eigenvalue weighted by molar-refractivity contribution is 0.0913. The average molecular weight is 531 g/mol. The fraction of sp³-hybridized carbons (Fsp3) is 0.571. The molecule has 0 radical (unpaired) electrons. The number of piperazine rings is 1. The van der Waals surface area contributed by atoms with Gasteiger partial charge in [-0.25, -0.2) is 4.79 Å². The molecule has 1 heterocycles. The van der Waals surface area contributed by atoms with Crippen molar-refractivity contribution in [1.29, 1.82) is 0 Å². The smallest absolute Gasteiger partial charge is 0.409 e. The molecule has 30 heavy (non-hydrogen) atoms. The van der Waals surface area contributed by atoms with Crippen LogP contribution in [0.15, 0.2) is 29.3 Å². The maximum atomic E-state index is 12.1. The highest BCUT2D eigenvalue weighted by Crippen LogP contribution is 2.07. The predicted molar refractivity (Wildman–Crippen MR) is 129 cm³/mol. The molecule has 1 saturated heterocycles. The molecule has 168 valence electrons. The Morgan fingerprint density at radius 3 is 2.23 bits per heavy atom. The van der Waals surface area contributed by atoms with Crippen molar-refractivity contribution in [2.24, 2.45) is 4.99 Å². The van der Waals surface area contributed by atoms with Crippen molar-refractivity contribution in [1.82, 2.24) is 20.4 Å². The summed E-state index contributed by atoms with van der Waals surface area (Å²) in [6.07, 6.45) is 1.79. The molecule has 0 atom stereocenters. The van der Waals surface area contributed by atoms with E-state index in [4.69, 9.17) is 4.74 Å². The quantitative estimate of drug-likeness (QED) is 0.245. The topological polar surface area (TPSA) is 86.3 Å². The number of unbranched alkanes of at least 4 members (excludes halogenated alkanes) is 1. The third-order valence-corrected chi connectivity index (χ3v) is 4.80. The Labute approximate surface area is 196 Å². The number of hydrogen-bond donors (Lipinski definition) is 2. The van der Waals surface area contributed by atoms with Gasteiger partial charge in [-0.15, -0.1) is 24.0 Å². The van der Waals surface area contributed by atoms with Crippen LogP contribution in [0.25, 0.3) is 0 Å². The molecule has 0 saturated carbocycles. The number of guanidine groups is 1. The third-order valence-electron chi connectivity index (χ3n) is 4.80. The molecule has 0 bridgehead atoms. The number of rotatable bonds is 7. The number of halogens is 1. The standard InChI is InChI=1S/C21H33N5O3.HI/c1-4-6-11-23-19(27)18-9-7-17(8-10-18)16-24-20(22-3)25-12-14-26(15-13-25)21(28)29-5-2;/h7-10H,4-6,11-16H2,1-3H3,(H,22,24)(H,23,27);1H. The molecule has 0 spiro atoms. The minimum atomic E-state index is -0.256. The number of carbonyl (C=O) groups excluding carboxylic acids is 2. The summed E-state index contributed by atoms with van der Waals surface area (Å²) in [7, 11) is 1.75. The fourth-order valence-corrected chi connectivity index (χ4v) is 3.08. The number of nitrogens with zero attached hydrogens (tertiary/aromatic N) is 3. The molecule has 1 fully saturated rings. The maximum absolute atomic E-state index is 12.1. The van der Waals surface area contributed by atoms with Gasteiger partial charge in [0.25, 0.3) is 5.91 Å². The first-order chi connectivity index (χ1) is 14.1. The second-order valence-corrected chi connectivity index (χ2v) is 6.88. The summed E-state index contributed by atoms with van der Waals surface area (Å²) in [5.41, 5.74) is 1.74. The van der Waals surface area contributed by atoms with E-state index in [0.29, 0.717) is 51.4 Å². The van der Waals surface area contributed by atoms with E-state index in [0.717, 1.165) is 24.4 Å². The predicted octanol–water partition coefficient (Wildman–Crippen LogP) is 2.68. The summed E-state index contributed by atoms with van der Waals surface area (Å²) in [6.45, 7) is 8.25. The number of aliphatic imine (C=N–C) groups is 1. The minimum Gasteiger partial charge on any atom is -0.450 e. The van der Waals surface area contributed by atoms with Crippen molar-refractivity contribution in [2.75, 3.05) is 46.4 Å². The number of carbonyl (C=O) groups is 2. The number of nitrogens with one attached hydrogen (secondary N) is 2. The summed E-state index contributed by atoms with van der Waals surface area (Å²) in [4.78, 5) is 32.1. The molecular weight excluding hydrogens is 497 g/mol. The van der Waals surface area contributed by atoms with Crippen LogP contribution in [0, 0.1) is 0 Å². The molecule has 0 unspecified atom stereocenters. The summed E-state index contributed by atoms with van der Waals surface area (Å²) in [5.74, 6) is 0.767. The fourth-order valence-electron chi connectivity index (χ4n) is 3.08. The van der Waals surface area contributed by atoms with Crippen molar-refractivity contribution >= 4 is 41.9 Å². The van der Waals surface area contributed by atoms with E-state index in [1.807, 2.05) is 31.2 Å². The van der Waals surface area contributed by atoms with Gasteiger partial charge in [0, 0.05) is 51.9 Å². The van der Waals surface area contributed by atoms with Crippen LogP contribution in [0.2, 0.25) is 0 Å². The SMILES string of the molecule is CCCCNC(=O)c1ccc(CNC(=NC)N2CCN(C(=O)OCC)CC2)cc1.I. The third kappa shape index (κ3) is 8.00. The van der Waals surface area contributed by atoms with Gasteiger partial charge in [0.05, 0.1) is 6.61 Å². The first-order valence-corrected chi connectivity index (χ1v) is 10.3. The van der Waals surface area contributed by atoms with Crippen molar-refractivity contribution in [3.8, 4) is 0 Å². The van der Waals surface area contributed by atoms with E-state index in [1.165, 1.54) is 0 Å². The van der Waals surface area contributed by atoms with Crippen molar-refractivity contribution in [3.05, 3.63) is 35.4 Å². The van der Waals surface area contributed by atoms with E-state index < -0.39 is 0 Å². The van der Waals surface area contributed by atoms with Gasteiger partial charge < -0.3 is 25.2 Å². The summed E-state index contributed by atoms with van der Waals surface area (Å²) in [5, 5.41) is 6.28. The number of hydrogen-bond acceptors (Lipinski definition) is 4. The first kappa shape index (κ1) is 26.0. The normalized spacial score (nSPS) is 14.0. The Hall–Kier alpha value is -2.04. The van der Waals surface area contributed by atoms with Gasteiger partial charge in [0.1, 0.15) is 0 Å². The van der Waals surface area contributed by atoms with Crippen LogP contribution < -0.4 is 10.6 Å². The van der Waals surface area contributed by atoms with Crippen LogP contribution in [0.4, 0.5) is 4.79 Å². The molecule has 1 aliphatic rings. The van der Waals surface area contributed by atoms with Crippen LogP contribution in [-0.2, 0) is 11.3 Å². The summed E-state index contributed by atoms with van der Waals surface area (Å²) >= 11 is 0. The van der Waals surface area contributed by atoms with Crippen LogP contribution >= 0.6 is 24.0 Å². The Morgan fingerprint density at radius 1 is 1.03 bits per heavy atom. The second-order valence-electron chi connectivity index (χ2n) is 6.88. The highest BCUT2D eigenvalue weighted by molar-refractivity contribution is 14.0. The lowest BCUT2D eigenvalue weighted by Crippen LogP contribution is -2.53. The number of benzene rings is 1. The van der Waals surface area contributed by atoms with Crippen molar-refractivity contribution in [3.63, 3.8) is 0 Å². The molecule has 2 rings (SSSR count). The summed E-state index contributed by atoms with van der Waals surface area (Å²) < 4.78 is 5.06. The van der Waals surface area contributed by atoms with Crippen LogP contribution in [0.1, 0.15) is 42.6 Å². The Bertz CT molecular complexity index is 688. The molecule has 9 heteroatoms. The van der Waals surface area contributed by atoms with Crippen LogP contribution in [0.5, 0.6) is 0 Å². The lowest BCUT2D eigenvalue weighted by Gasteiger charge is -2.35. The monoisotopic (exact) mass is 531 g/mol. The van der Waals surface area contributed by atoms with Gasteiger partial charge in [0.2, 0.25) is 0 Å². The zero-order chi connectivity index (χ0) is 21.1. The van der Waals surface area contributed by atoms with Crippen LogP contribution in [0.3, 0.4) is 0 Å². The lowest BCUT2D eigenvalue weighted by atomic mass is 10.1. The van der Waals surface area contributed by atoms with E-state index in [-0.39, 0.29) is 36.0 Å². The van der Waals surface area contributed by atoms with Gasteiger partial charge in [-0.3, -0.25) is 9.79 Å². The Morgan fingerprint density at radius 2 is 1.67 bits per heavy atom. The van der Waals surface area contributed by atoms with E-state index in [2.05, 4.69) is 27.4 Å². The molecule has 1 aromatic rings. The van der Waals surface area contributed by atoms with Gasteiger partial charge in [-0.05, 0) is 31.0 Å². The summed E-state index contributed by atoms with van der Waals surface area (Å²) in [6, 6.07) is 7.60. The van der Waals surface area contributed by atoms with Crippen LogP contribution in [-0.4, -0.2) is 74.1 Å². The van der Waals surface area contributed by atoms with E-state index in [9.17, 15) is 9.59 Å². The number of ether oxygens (including phenoxy) is 1. The average Bonchev–Trinajstić information content (AvgIpc) is 2.75. The van der Waals surface area contributed by atoms with Gasteiger partial charge in [-0.2, -0.15) is 0 Å². The van der Waals surface area contributed by atoms with Gasteiger partial charge in [-0.1, -0.05) is 25.5 Å². The maximum Gasteiger partial charge on any atom is 0.409 e. The van der Waals surface area contributed by atoms with E-state index >= 15 is 0 Å². The first-order valence-electron chi connectivity index (χ1n) is 10.3. The number of amides is 2. The molecule has 2 N–H and O–H groups in total.